The predicted molar refractivity (Wildman–Crippen MR) is 109 cm³/mol. The molecule has 1 aromatic rings. The summed E-state index contributed by atoms with van der Waals surface area (Å²) in [4.78, 5) is 15.1. The summed E-state index contributed by atoms with van der Waals surface area (Å²) >= 11 is 0. The van der Waals surface area contributed by atoms with Crippen LogP contribution in [-0.2, 0) is 10.2 Å². The number of nitrogens with zero attached hydrogens (tertiary/aromatic N) is 1. The van der Waals surface area contributed by atoms with Gasteiger partial charge in [-0.1, -0.05) is 50.6 Å². The lowest BCUT2D eigenvalue weighted by atomic mass is 9.89. The minimum Gasteiger partial charge on any atom is -0.352 e. The van der Waals surface area contributed by atoms with Gasteiger partial charge in [-0.05, 0) is 56.6 Å². The molecule has 2 fully saturated rings. The van der Waals surface area contributed by atoms with E-state index in [1.165, 1.54) is 5.56 Å². The van der Waals surface area contributed by atoms with Crippen molar-refractivity contribution in [3.05, 3.63) is 35.4 Å². The van der Waals surface area contributed by atoms with Crippen LogP contribution in [0.4, 0.5) is 4.39 Å². The lowest BCUT2D eigenvalue weighted by Crippen LogP contribution is -2.50. The smallest absolute Gasteiger partial charge is 0.230 e. The van der Waals surface area contributed by atoms with Gasteiger partial charge in [0, 0.05) is 13.1 Å². The van der Waals surface area contributed by atoms with Crippen LogP contribution in [0.5, 0.6) is 0 Å². The Bertz CT molecular complexity index is 650. The van der Waals surface area contributed by atoms with Crippen LogP contribution in [0.2, 0.25) is 0 Å². The summed E-state index contributed by atoms with van der Waals surface area (Å²) in [7, 11) is 0. The Morgan fingerprint density at radius 3 is 2.22 bits per heavy atom. The monoisotopic (exact) mass is 374 g/mol. The molecule has 0 bridgehead atoms. The molecular weight excluding hydrogens is 339 g/mol. The average Bonchev–Trinajstić information content (AvgIpc) is 3.41. The standard InChI is InChI=1S/C23H35FN2O/c1-18-5-7-19(8-6-18)23(9-10-23)20(27)25-17-22(24)12-15-26(16-13-22)14-11-21(2,3)4/h5-8H,9-17H2,1-4H3,(H,25,27). The third kappa shape index (κ3) is 5.10. The Morgan fingerprint density at radius 2 is 1.70 bits per heavy atom. The molecule has 3 rings (SSSR count). The topological polar surface area (TPSA) is 32.3 Å². The fourth-order valence-corrected chi connectivity index (χ4v) is 3.90. The van der Waals surface area contributed by atoms with Crippen molar-refractivity contribution in [2.75, 3.05) is 26.2 Å². The van der Waals surface area contributed by atoms with E-state index in [4.69, 9.17) is 0 Å². The van der Waals surface area contributed by atoms with Gasteiger partial charge < -0.3 is 10.2 Å². The number of rotatable bonds is 6. The molecular formula is C23H35FN2O. The fourth-order valence-electron chi connectivity index (χ4n) is 3.90. The molecule has 2 aliphatic rings. The zero-order valence-corrected chi connectivity index (χ0v) is 17.4. The molecule has 4 heteroatoms. The van der Waals surface area contributed by atoms with E-state index in [2.05, 4.69) is 31.0 Å². The number of aryl methyl sites for hydroxylation is 1. The fraction of sp³-hybridized carbons (Fsp3) is 0.696. The zero-order chi connectivity index (χ0) is 19.7. The highest BCUT2D eigenvalue weighted by molar-refractivity contribution is 5.91. The summed E-state index contributed by atoms with van der Waals surface area (Å²) in [6.45, 7) is 11.5. The minimum atomic E-state index is -1.27. The van der Waals surface area contributed by atoms with Gasteiger partial charge in [0.15, 0.2) is 0 Å². The molecule has 3 nitrogen and oxygen atoms in total. The van der Waals surface area contributed by atoms with E-state index in [9.17, 15) is 4.79 Å². The van der Waals surface area contributed by atoms with Crippen molar-refractivity contribution in [1.82, 2.24) is 10.2 Å². The molecule has 1 saturated heterocycles. The Labute approximate surface area is 163 Å². The first-order valence-electron chi connectivity index (χ1n) is 10.4. The van der Waals surface area contributed by atoms with Crippen LogP contribution in [0, 0.1) is 12.3 Å². The number of benzene rings is 1. The van der Waals surface area contributed by atoms with Crippen molar-refractivity contribution in [2.24, 2.45) is 5.41 Å². The Hall–Kier alpha value is -1.42. The SMILES string of the molecule is Cc1ccc(C2(C(=O)NCC3(F)CCN(CCC(C)(C)C)CC3)CC2)cc1. The summed E-state index contributed by atoms with van der Waals surface area (Å²) in [5, 5.41) is 2.95. The van der Waals surface area contributed by atoms with Gasteiger partial charge in [-0.3, -0.25) is 4.79 Å². The largest absolute Gasteiger partial charge is 0.352 e. The minimum absolute atomic E-state index is 0.00135. The van der Waals surface area contributed by atoms with E-state index in [-0.39, 0.29) is 12.5 Å². The summed E-state index contributed by atoms with van der Waals surface area (Å²) in [5.74, 6) is -0.00135. The van der Waals surface area contributed by atoms with Crippen molar-refractivity contribution >= 4 is 5.91 Å². The summed E-state index contributed by atoms with van der Waals surface area (Å²) in [5.41, 5.74) is 0.882. The van der Waals surface area contributed by atoms with Gasteiger partial charge in [-0.25, -0.2) is 4.39 Å². The molecule has 0 radical (unpaired) electrons. The maximum absolute atomic E-state index is 15.2. The van der Waals surface area contributed by atoms with E-state index >= 15 is 4.39 Å². The lowest BCUT2D eigenvalue weighted by Gasteiger charge is -2.37. The molecule has 1 heterocycles. The van der Waals surface area contributed by atoms with Gasteiger partial charge in [-0.15, -0.1) is 0 Å². The number of alkyl halides is 1. The average molecular weight is 375 g/mol. The number of carbonyl (C=O) groups excluding carboxylic acids is 1. The van der Waals surface area contributed by atoms with Crippen molar-refractivity contribution in [1.29, 1.82) is 0 Å². The van der Waals surface area contributed by atoms with Gasteiger partial charge in [0.1, 0.15) is 5.67 Å². The molecule has 27 heavy (non-hydrogen) atoms. The Balaban J connectivity index is 1.49. The van der Waals surface area contributed by atoms with Crippen molar-refractivity contribution in [3.8, 4) is 0 Å². The van der Waals surface area contributed by atoms with Crippen LogP contribution in [-0.4, -0.2) is 42.7 Å². The number of amides is 1. The summed E-state index contributed by atoms with van der Waals surface area (Å²) < 4.78 is 15.2. The van der Waals surface area contributed by atoms with Crippen molar-refractivity contribution < 1.29 is 9.18 Å². The predicted octanol–water partition coefficient (Wildman–Crippen LogP) is 4.38. The van der Waals surface area contributed by atoms with E-state index in [1.54, 1.807) is 0 Å². The molecule has 1 aromatic carbocycles. The molecule has 0 spiro atoms. The Kier molecular flexibility index (Phi) is 5.67. The zero-order valence-electron chi connectivity index (χ0n) is 17.4. The number of halogens is 1. The second-order valence-electron chi connectivity index (χ2n) is 9.93. The first kappa shape index (κ1) is 20.3. The van der Waals surface area contributed by atoms with Crippen LogP contribution in [0.3, 0.4) is 0 Å². The third-order valence-electron chi connectivity index (χ3n) is 6.28. The molecule has 1 amide bonds. The van der Waals surface area contributed by atoms with Gasteiger partial charge in [0.05, 0.1) is 12.0 Å². The van der Waals surface area contributed by atoms with E-state index < -0.39 is 11.1 Å². The molecule has 1 N–H and O–H groups in total. The van der Waals surface area contributed by atoms with E-state index in [0.29, 0.717) is 18.3 Å². The van der Waals surface area contributed by atoms with E-state index in [1.807, 2.05) is 31.2 Å². The number of hydrogen-bond donors (Lipinski definition) is 1. The number of carbonyl (C=O) groups is 1. The number of nitrogens with one attached hydrogen (secondary N) is 1. The second-order valence-corrected chi connectivity index (χ2v) is 9.93. The number of piperidine rings is 1. The first-order valence-corrected chi connectivity index (χ1v) is 10.4. The van der Waals surface area contributed by atoms with Crippen molar-refractivity contribution in [3.63, 3.8) is 0 Å². The van der Waals surface area contributed by atoms with Crippen LogP contribution in [0.25, 0.3) is 0 Å². The molecule has 150 valence electrons. The molecule has 0 unspecified atom stereocenters. The van der Waals surface area contributed by atoms with Gasteiger partial charge in [0.25, 0.3) is 0 Å². The van der Waals surface area contributed by atoms with Crippen LogP contribution in [0.1, 0.15) is 64.0 Å². The van der Waals surface area contributed by atoms with Gasteiger partial charge in [-0.2, -0.15) is 0 Å². The molecule has 0 atom stereocenters. The summed E-state index contributed by atoms with van der Waals surface area (Å²) in [6.07, 6.45) is 3.87. The molecule has 0 aromatic heterocycles. The van der Waals surface area contributed by atoms with Gasteiger partial charge in [0.2, 0.25) is 5.91 Å². The summed E-state index contributed by atoms with van der Waals surface area (Å²) in [6, 6.07) is 8.18. The van der Waals surface area contributed by atoms with Crippen LogP contribution >= 0.6 is 0 Å². The highest BCUT2D eigenvalue weighted by atomic mass is 19.1. The molecule has 1 aliphatic heterocycles. The molecule has 1 saturated carbocycles. The van der Waals surface area contributed by atoms with Crippen LogP contribution < -0.4 is 5.32 Å². The maximum Gasteiger partial charge on any atom is 0.230 e. The van der Waals surface area contributed by atoms with Gasteiger partial charge >= 0.3 is 0 Å². The number of likely N-dealkylation sites (tertiary alicyclic amines) is 1. The molecule has 1 aliphatic carbocycles. The highest BCUT2D eigenvalue weighted by Crippen LogP contribution is 2.48. The quantitative estimate of drug-likeness (QED) is 0.801. The Morgan fingerprint density at radius 1 is 1.11 bits per heavy atom. The van der Waals surface area contributed by atoms with E-state index in [0.717, 1.165) is 44.5 Å². The highest BCUT2D eigenvalue weighted by Gasteiger charge is 2.51. The maximum atomic E-state index is 15.2. The lowest BCUT2D eigenvalue weighted by molar-refractivity contribution is -0.124. The number of hydrogen-bond acceptors (Lipinski definition) is 2. The first-order chi connectivity index (χ1) is 12.6. The second kappa shape index (κ2) is 7.54. The normalized spacial score (nSPS) is 21.7. The van der Waals surface area contributed by atoms with Crippen LogP contribution in [0.15, 0.2) is 24.3 Å². The van der Waals surface area contributed by atoms with Crippen molar-refractivity contribution in [2.45, 2.75) is 70.9 Å². The third-order valence-corrected chi connectivity index (χ3v) is 6.28.